The average Bonchev–Trinajstić information content (AvgIpc) is 3.16. The minimum Gasteiger partial charge on any atom is -0.492 e. The van der Waals surface area contributed by atoms with Crippen molar-refractivity contribution in [3.05, 3.63) is 77.1 Å². The van der Waals surface area contributed by atoms with E-state index < -0.39 is 17.8 Å². The van der Waals surface area contributed by atoms with Crippen molar-refractivity contribution in [1.29, 1.82) is 0 Å². The molecule has 0 aliphatic carbocycles. The summed E-state index contributed by atoms with van der Waals surface area (Å²) in [5.74, 6) is -1.05. The van der Waals surface area contributed by atoms with Crippen LogP contribution in [-0.2, 0) is 9.59 Å². The van der Waals surface area contributed by atoms with Crippen LogP contribution in [0.4, 0.5) is 16.2 Å². The number of ether oxygens (including phenoxy) is 1. The van der Waals surface area contributed by atoms with Gasteiger partial charge in [0.1, 0.15) is 11.3 Å². The molecule has 1 saturated heterocycles. The molecule has 1 N–H and O–H groups in total. The lowest BCUT2D eigenvalue weighted by atomic mass is 10.1. The molecule has 2 aromatic carbocycles. The number of imide groups is 2. The van der Waals surface area contributed by atoms with Crippen molar-refractivity contribution < 1.29 is 19.1 Å². The molecule has 4 amide bonds. The van der Waals surface area contributed by atoms with E-state index in [1.165, 1.54) is 0 Å². The molecule has 0 spiro atoms. The van der Waals surface area contributed by atoms with E-state index in [2.05, 4.69) is 52.9 Å². The number of para-hydroxylation sites is 2. The normalized spacial score (nSPS) is 14.8. The zero-order valence-corrected chi connectivity index (χ0v) is 21.9. The quantitative estimate of drug-likeness (QED) is 0.347. The lowest BCUT2D eigenvalue weighted by molar-refractivity contribution is -0.122. The molecule has 37 heavy (non-hydrogen) atoms. The number of carbonyl (C=O) groups excluding carboxylic acids is 3. The van der Waals surface area contributed by atoms with Gasteiger partial charge in [-0.15, -0.1) is 0 Å². The van der Waals surface area contributed by atoms with Crippen LogP contribution >= 0.6 is 0 Å². The highest BCUT2D eigenvalue weighted by Gasteiger charge is 2.38. The fourth-order valence-electron chi connectivity index (χ4n) is 4.68. The second-order valence-corrected chi connectivity index (χ2v) is 8.71. The van der Waals surface area contributed by atoms with Gasteiger partial charge in [-0.2, -0.15) is 0 Å². The maximum Gasteiger partial charge on any atom is 0.336 e. The summed E-state index contributed by atoms with van der Waals surface area (Å²) < 4.78 is 7.69. The zero-order valence-electron chi connectivity index (χ0n) is 21.9. The Morgan fingerprint density at radius 1 is 0.946 bits per heavy atom. The molecule has 0 radical (unpaired) electrons. The van der Waals surface area contributed by atoms with Gasteiger partial charge in [-0.05, 0) is 88.7 Å². The largest absolute Gasteiger partial charge is 0.492 e. The Bertz CT molecular complexity index is 1370. The van der Waals surface area contributed by atoms with E-state index in [9.17, 15) is 14.4 Å². The molecule has 3 aromatic rings. The standard InChI is InChI=1S/C29H32N4O4/c1-6-31(7-2)22-13-15-23(16-14-22)32-19(4)17-21(20(32)5)18-24-27(34)30-29(36)33(28(24)35)25-11-9-10-12-26(25)37-8-3/h9-18H,6-8H2,1-5H3,(H,30,34,36)/b24-18+. The number of anilines is 2. The molecule has 4 rings (SSSR count). The maximum atomic E-state index is 13.4. The fraction of sp³-hybridized carbons (Fsp3) is 0.276. The third kappa shape index (κ3) is 4.87. The molecule has 1 aliphatic rings. The van der Waals surface area contributed by atoms with Crippen LogP contribution in [0.3, 0.4) is 0 Å². The van der Waals surface area contributed by atoms with E-state index in [4.69, 9.17) is 4.74 Å². The van der Waals surface area contributed by atoms with E-state index in [0.29, 0.717) is 12.4 Å². The van der Waals surface area contributed by atoms with E-state index in [0.717, 1.165) is 46.3 Å². The van der Waals surface area contributed by atoms with E-state index >= 15 is 0 Å². The predicted molar refractivity (Wildman–Crippen MR) is 145 cm³/mol. The van der Waals surface area contributed by atoms with Crippen molar-refractivity contribution in [3.63, 3.8) is 0 Å². The summed E-state index contributed by atoms with van der Waals surface area (Å²) in [6.45, 7) is 12.2. The van der Waals surface area contributed by atoms with Gasteiger partial charge < -0.3 is 14.2 Å². The van der Waals surface area contributed by atoms with Gasteiger partial charge in [0.25, 0.3) is 11.8 Å². The Hall–Kier alpha value is -4.33. The summed E-state index contributed by atoms with van der Waals surface area (Å²) in [5, 5.41) is 2.29. The molecule has 1 aliphatic heterocycles. The number of aryl methyl sites for hydroxylation is 1. The van der Waals surface area contributed by atoms with Crippen LogP contribution < -0.4 is 19.9 Å². The molecule has 2 heterocycles. The Balaban J connectivity index is 1.71. The van der Waals surface area contributed by atoms with Crippen LogP contribution in [0, 0.1) is 13.8 Å². The van der Waals surface area contributed by atoms with E-state index in [1.54, 1.807) is 30.3 Å². The number of barbiturate groups is 1. The second kappa shape index (κ2) is 10.7. The van der Waals surface area contributed by atoms with Crippen LogP contribution in [-0.4, -0.2) is 42.1 Å². The molecule has 192 valence electrons. The van der Waals surface area contributed by atoms with Gasteiger partial charge in [-0.3, -0.25) is 14.9 Å². The highest BCUT2D eigenvalue weighted by atomic mass is 16.5. The summed E-state index contributed by atoms with van der Waals surface area (Å²) >= 11 is 0. The Kier molecular flexibility index (Phi) is 7.47. The van der Waals surface area contributed by atoms with E-state index in [-0.39, 0.29) is 11.3 Å². The summed E-state index contributed by atoms with van der Waals surface area (Å²) in [5.41, 5.74) is 4.85. The number of nitrogens with one attached hydrogen (secondary N) is 1. The molecule has 0 unspecified atom stereocenters. The number of urea groups is 1. The van der Waals surface area contributed by atoms with Gasteiger partial charge in [0, 0.05) is 35.9 Å². The molecule has 1 fully saturated rings. The van der Waals surface area contributed by atoms with Crippen LogP contribution in [0.1, 0.15) is 37.7 Å². The summed E-state index contributed by atoms with van der Waals surface area (Å²) in [6.07, 6.45) is 1.55. The predicted octanol–water partition coefficient (Wildman–Crippen LogP) is 5.01. The number of benzene rings is 2. The number of rotatable bonds is 8. The van der Waals surface area contributed by atoms with E-state index in [1.807, 2.05) is 26.8 Å². The third-order valence-electron chi connectivity index (χ3n) is 6.51. The van der Waals surface area contributed by atoms with Crippen LogP contribution in [0.5, 0.6) is 5.75 Å². The molecule has 8 heteroatoms. The number of amides is 4. The molecular formula is C29H32N4O4. The molecule has 0 bridgehead atoms. The first-order valence-electron chi connectivity index (χ1n) is 12.5. The average molecular weight is 501 g/mol. The zero-order chi connectivity index (χ0) is 26.7. The first-order chi connectivity index (χ1) is 17.8. The number of carbonyl (C=O) groups is 3. The lowest BCUT2D eigenvalue weighted by Gasteiger charge is -2.27. The van der Waals surface area contributed by atoms with Gasteiger partial charge in [0.05, 0.1) is 12.3 Å². The second-order valence-electron chi connectivity index (χ2n) is 8.71. The van der Waals surface area contributed by atoms with Crippen molar-refractivity contribution in [3.8, 4) is 11.4 Å². The SMILES string of the molecule is CCOc1ccccc1N1C(=O)NC(=O)/C(=C\c2cc(C)n(-c3ccc(N(CC)CC)cc3)c2C)C1=O. The van der Waals surface area contributed by atoms with Gasteiger partial charge in [-0.25, -0.2) is 9.69 Å². The number of nitrogens with zero attached hydrogens (tertiary/aromatic N) is 3. The summed E-state index contributed by atoms with van der Waals surface area (Å²) in [4.78, 5) is 42.1. The third-order valence-corrected chi connectivity index (χ3v) is 6.51. The molecule has 1 aromatic heterocycles. The minimum atomic E-state index is -0.807. The van der Waals surface area contributed by atoms with Gasteiger partial charge >= 0.3 is 6.03 Å². The highest BCUT2D eigenvalue weighted by molar-refractivity contribution is 6.39. The first-order valence-corrected chi connectivity index (χ1v) is 12.5. The maximum absolute atomic E-state index is 13.4. The first kappa shape index (κ1) is 25.8. The van der Waals surface area contributed by atoms with Gasteiger partial charge in [0.15, 0.2) is 0 Å². The molecule has 8 nitrogen and oxygen atoms in total. The molecule has 0 saturated carbocycles. The smallest absolute Gasteiger partial charge is 0.336 e. The minimum absolute atomic E-state index is 0.122. The summed E-state index contributed by atoms with van der Waals surface area (Å²) in [6, 6.07) is 16.2. The number of aromatic nitrogens is 1. The molecule has 0 atom stereocenters. The van der Waals surface area contributed by atoms with Gasteiger partial charge in [0.2, 0.25) is 0 Å². The van der Waals surface area contributed by atoms with Crippen LogP contribution in [0.15, 0.2) is 60.2 Å². The number of hydrogen-bond donors (Lipinski definition) is 1. The van der Waals surface area contributed by atoms with Crippen molar-refractivity contribution in [2.45, 2.75) is 34.6 Å². The lowest BCUT2D eigenvalue weighted by Crippen LogP contribution is -2.54. The van der Waals surface area contributed by atoms with Crippen molar-refractivity contribution in [1.82, 2.24) is 9.88 Å². The van der Waals surface area contributed by atoms with Crippen molar-refractivity contribution in [2.75, 3.05) is 29.5 Å². The Morgan fingerprint density at radius 3 is 2.27 bits per heavy atom. The van der Waals surface area contributed by atoms with Crippen LogP contribution in [0.2, 0.25) is 0 Å². The molecular weight excluding hydrogens is 468 g/mol. The number of hydrogen-bond acceptors (Lipinski definition) is 5. The summed E-state index contributed by atoms with van der Waals surface area (Å²) in [7, 11) is 0. The monoisotopic (exact) mass is 500 g/mol. The Morgan fingerprint density at radius 2 is 1.62 bits per heavy atom. The fourth-order valence-corrected chi connectivity index (χ4v) is 4.68. The van der Waals surface area contributed by atoms with Gasteiger partial charge in [-0.1, -0.05) is 12.1 Å². The highest BCUT2D eigenvalue weighted by Crippen LogP contribution is 2.32. The van der Waals surface area contributed by atoms with Crippen molar-refractivity contribution in [2.24, 2.45) is 0 Å². The topological polar surface area (TPSA) is 83.9 Å². The Labute approximate surface area is 217 Å². The van der Waals surface area contributed by atoms with Crippen LogP contribution in [0.25, 0.3) is 11.8 Å². The van der Waals surface area contributed by atoms with Crippen molar-refractivity contribution >= 4 is 35.3 Å².